The molecule has 0 aliphatic rings. The molecule has 0 aromatic carbocycles. The summed E-state index contributed by atoms with van der Waals surface area (Å²) in [5.41, 5.74) is 0. The quantitative estimate of drug-likeness (QED) is 0.345. The number of unbranched alkanes of at least 4 members (excludes halogenated alkanes) is 9. The van der Waals surface area contributed by atoms with E-state index in [1.165, 1.54) is 44.9 Å². The maximum atomic E-state index is 10.8. The zero-order valence-electron chi connectivity index (χ0n) is 14.6. The van der Waals surface area contributed by atoms with Gasteiger partial charge in [-0.25, -0.2) is 0 Å². The van der Waals surface area contributed by atoms with Crippen LogP contribution in [0.15, 0.2) is 0 Å². The molecule has 0 saturated carbocycles. The lowest BCUT2D eigenvalue weighted by atomic mass is 10.1. The molecule has 0 fully saturated rings. The Morgan fingerprint density at radius 1 is 0.842 bits per heavy atom. The predicted molar refractivity (Wildman–Crippen MR) is 81.9 cm³/mol. The Bertz CT molecular complexity index is 343. The van der Waals surface area contributed by atoms with E-state index in [9.17, 15) is 8.42 Å². The van der Waals surface area contributed by atoms with E-state index in [0.29, 0.717) is 6.42 Å². The fourth-order valence-electron chi connectivity index (χ4n) is 1.96. The summed E-state index contributed by atoms with van der Waals surface area (Å²) in [5.74, 6) is 0. The standard InChI is InChI=1S/C15H32O3S/c1-3-4-5-6-7-8-9-10-11-12-13-14-15-18-19(2,16)17/h3-15H2,1-2H3/i14D2. The number of hydrogen-bond acceptors (Lipinski definition) is 3. The largest absolute Gasteiger partial charge is 0.270 e. The first-order chi connectivity index (χ1) is 9.77. The molecule has 0 bridgehead atoms. The Labute approximate surface area is 123 Å². The van der Waals surface area contributed by atoms with Gasteiger partial charge in [0.2, 0.25) is 0 Å². The lowest BCUT2D eigenvalue weighted by molar-refractivity contribution is 0.309. The zero-order valence-corrected chi connectivity index (χ0v) is 13.4. The van der Waals surface area contributed by atoms with E-state index >= 15 is 0 Å². The first kappa shape index (κ1) is 15.3. The first-order valence-corrected chi connectivity index (χ1v) is 9.43. The Morgan fingerprint density at radius 3 is 1.68 bits per heavy atom. The fraction of sp³-hybridized carbons (Fsp3) is 1.00. The van der Waals surface area contributed by atoms with Crippen LogP contribution >= 0.6 is 0 Å². The first-order valence-electron chi connectivity index (χ1n) is 8.61. The van der Waals surface area contributed by atoms with Crippen LogP contribution in [0.2, 0.25) is 0 Å². The van der Waals surface area contributed by atoms with Crippen molar-refractivity contribution < 1.29 is 15.3 Å². The van der Waals surface area contributed by atoms with E-state index in [0.717, 1.165) is 25.5 Å². The van der Waals surface area contributed by atoms with E-state index in [1.807, 2.05) is 0 Å². The molecule has 0 saturated heterocycles. The summed E-state index contributed by atoms with van der Waals surface area (Å²) in [7, 11) is -3.55. The van der Waals surface area contributed by atoms with Crippen LogP contribution in [0.4, 0.5) is 0 Å². The summed E-state index contributed by atoms with van der Waals surface area (Å²) in [5, 5.41) is 0. The van der Waals surface area contributed by atoms with Gasteiger partial charge in [-0.05, 0) is 6.37 Å². The molecule has 0 N–H and O–H groups in total. The molecule has 0 amide bonds. The van der Waals surface area contributed by atoms with Gasteiger partial charge in [-0.3, -0.25) is 4.18 Å². The normalized spacial score (nSPS) is 14.2. The highest BCUT2D eigenvalue weighted by atomic mass is 32.2. The minimum atomic E-state index is -3.55. The molecule has 0 aromatic heterocycles. The highest BCUT2D eigenvalue weighted by Crippen LogP contribution is 2.11. The molecular weight excluding hydrogens is 260 g/mol. The van der Waals surface area contributed by atoms with Crippen LogP contribution in [0.1, 0.15) is 86.7 Å². The average Bonchev–Trinajstić information content (AvgIpc) is 2.38. The summed E-state index contributed by atoms with van der Waals surface area (Å²) in [6.45, 7) is 1.85. The highest BCUT2D eigenvalue weighted by molar-refractivity contribution is 7.85. The van der Waals surface area contributed by atoms with Crippen molar-refractivity contribution in [3.8, 4) is 0 Å². The summed E-state index contributed by atoms with van der Waals surface area (Å²) >= 11 is 0. The predicted octanol–water partition coefficient (Wildman–Crippen LogP) is 4.66. The molecule has 0 aromatic rings. The molecule has 116 valence electrons. The van der Waals surface area contributed by atoms with E-state index in [-0.39, 0.29) is 6.61 Å². The molecule has 0 rings (SSSR count). The average molecular weight is 294 g/mol. The minimum absolute atomic E-state index is 0.360. The molecule has 3 nitrogen and oxygen atoms in total. The second kappa shape index (κ2) is 12.9. The molecule has 0 aliphatic heterocycles. The van der Waals surface area contributed by atoms with E-state index in [2.05, 4.69) is 11.1 Å². The van der Waals surface area contributed by atoms with Crippen molar-refractivity contribution in [1.29, 1.82) is 0 Å². The van der Waals surface area contributed by atoms with Gasteiger partial charge in [-0.15, -0.1) is 0 Å². The van der Waals surface area contributed by atoms with Gasteiger partial charge in [0.05, 0.1) is 12.9 Å². The van der Waals surface area contributed by atoms with E-state index < -0.39 is 16.5 Å². The van der Waals surface area contributed by atoms with Gasteiger partial charge < -0.3 is 0 Å². The van der Waals surface area contributed by atoms with Crippen LogP contribution in [0, 0.1) is 0 Å². The molecule has 4 heteroatoms. The Morgan fingerprint density at radius 2 is 1.26 bits per heavy atom. The molecule has 0 spiro atoms. The van der Waals surface area contributed by atoms with Gasteiger partial charge in [0.25, 0.3) is 10.1 Å². The fourth-order valence-corrected chi connectivity index (χ4v) is 2.26. The summed E-state index contributed by atoms with van der Waals surface area (Å²) < 4.78 is 41.6. The van der Waals surface area contributed by atoms with Crippen LogP contribution < -0.4 is 0 Å². The van der Waals surface area contributed by atoms with Gasteiger partial charge in [-0.2, -0.15) is 8.42 Å². The minimum Gasteiger partial charge on any atom is -0.270 e. The topological polar surface area (TPSA) is 43.4 Å². The Hall–Kier alpha value is -0.0900. The van der Waals surface area contributed by atoms with Gasteiger partial charge in [0.15, 0.2) is 0 Å². The van der Waals surface area contributed by atoms with E-state index in [1.54, 1.807) is 0 Å². The maximum absolute atomic E-state index is 10.8. The molecular formula is C15H32O3S. The maximum Gasteiger partial charge on any atom is 0.264 e. The van der Waals surface area contributed by atoms with Crippen molar-refractivity contribution in [3.05, 3.63) is 0 Å². The Balaban J connectivity index is 3.44. The van der Waals surface area contributed by atoms with Crippen molar-refractivity contribution in [2.75, 3.05) is 12.9 Å². The second-order valence-electron chi connectivity index (χ2n) is 5.15. The van der Waals surface area contributed by atoms with Crippen molar-refractivity contribution in [2.45, 2.75) is 83.9 Å². The molecule has 0 heterocycles. The zero-order chi connectivity index (χ0) is 16.2. The van der Waals surface area contributed by atoms with Gasteiger partial charge in [0.1, 0.15) is 0 Å². The van der Waals surface area contributed by atoms with Gasteiger partial charge in [0, 0.05) is 2.74 Å². The van der Waals surface area contributed by atoms with Crippen molar-refractivity contribution in [1.82, 2.24) is 0 Å². The lowest BCUT2D eigenvalue weighted by Crippen LogP contribution is -2.03. The molecule has 19 heavy (non-hydrogen) atoms. The summed E-state index contributed by atoms with van der Waals surface area (Å²) in [4.78, 5) is 0. The van der Waals surface area contributed by atoms with Crippen LogP contribution in [0.5, 0.6) is 0 Å². The third kappa shape index (κ3) is 17.9. The molecule has 0 radical (unpaired) electrons. The molecule has 0 unspecified atom stereocenters. The highest BCUT2D eigenvalue weighted by Gasteiger charge is 2.00. The van der Waals surface area contributed by atoms with Crippen molar-refractivity contribution in [3.63, 3.8) is 0 Å². The monoisotopic (exact) mass is 294 g/mol. The van der Waals surface area contributed by atoms with Crippen molar-refractivity contribution in [2.24, 2.45) is 0 Å². The van der Waals surface area contributed by atoms with Crippen LogP contribution in [0.25, 0.3) is 0 Å². The SMILES string of the molecule is [2H]C([2H])(CCCCCCCCCCCC)COS(C)(=O)=O. The van der Waals surface area contributed by atoms with Gasteiger partial charge >= 0.3 is 0 Å². The number of rotatable bonds is 14. The van der Waals surface area contributed by atoms with Crippen molar-refractivity contribution >= 4 is 10.1 Å². The molecule has 0 aliphatic carbocycles. The number of hydrogen-bond donors (Lipinski definition) is 0. The third-order valence-electron chi connectivity index (χ3n) is 3.08. The molecule has 0 atom stereocenters. The smallest absolute Gasteiger partial charge is 0.264 e. The lowest BCUT2D eigenvalue weighted by Gasteiger charge is -2.03. The van der Waals surface area contributed by atoms with E-state index in [4.69, 9.17) is 2.74 Å². The van der Waals surface area contributed by atoms with Crippen LogP contribution in [-0.2, 0) is 14.3 Å². The summed E-state index contributed by atoms with van der Waals surface area (Å²) in [6, 6.07) is 0. The third-order valence-corrected chi connectivity index (χ3v) is 3.63. The van der Waals surface area contributed by atoms with Gasteiger partial charge in [-0.1, -0.05) is 77.6 Å². The Kier molecular flexibility index (Phi) is 10.4. The summed E-state index contributed by atoms with van der Waals surface area (Å²) in [6.07, 6.45) is 11.8. The second-order valence-corrected chi connectivity index (χ2v) is 6.79. The van der Waals surface area contributed by atoms with Crippen LogP contribution in [0.3, 0.4) is 0 Å². The van der Waals surface area contributed by atoms with Crippen LogP contribution in [-0.4, -0.2) is 21.3 Å².